The molecule has 0 aliphatic heterocycles. The number of nitrogens with zero attached hydrogens (tertiary/aromatic N) is 3. The maximum atomic E-state index is 11.5. The Morgan fingerprint density at radius 2 is 2.28 bits per heavy atom. The summed E-state index contributed by atoms with van der Waals surface area (Å²) in [6, 6.07) is -0.766. The number of esters is 1. The Hall–Kier alpha value is -2.12. The van der Waals surface area contributed by atoms with Gasteiger partial charge < -0.3 is 19.9 Å². The Balaban J connectivity index is 2.36. The highest BCUT2D eigenvalue weighted by molar-refractivity contribution is 5.80. The predicted molar refractivity (Wildman–Crippen MR) is 62.6 cm³/mol. The van der Waals surface area contributed by atoms with Gasteiger partial charge in [-0.15, -0.1) is 10.2 Å². The first-order chi connectivity index (χ1) is 8.54. The first kappa shape index (κ1) is 13.9. The average Bonchev–Trinajstić information content (AvgIpc) is 2.73. The molecule has 8 heteroatoms. The van der Waals surface area contributed by atoms with Crippen molar-refractivity contribution in [1.29, 1.82) is 0 Å². The van der Waals surface area contributed by atoms with Crippen molar-refractivity contribution < 1.29 is 14.3 Å². The van der Waals surface area contributed by atoms with Crippen molar-refractivity contribution in [1.82, 2.24) is 25.4 Å². The molecule has 1 aromatic rings. The molecule has 1 aromatic heterocycles. The summed E-state index contributed by atoms with van der Waals surface area (Å²) in [7, 11) is 1.78. The molecule has 1 rings (SSSR count). The molecule has 0 saturated carbocycles. The first-order valence-corrected chi connectivity index (χ1v) is 5.58. The lowest BCUT2D eigenvalue weighted by Gasteiger charge is -2.13. The van der Waals surface area contributed by atoms with Crippen molar-refractivity contribution in [3.05, 3.63) is 12.2 Å². The second-order valence-electron chi connectivity index (χ2n) is 3.65. The van der Waals surface area contributed by atoms with E-state index in [2.05, 4.69) is 25.6 Å². The van der Waals surface area contributed by atoms with Crippen LogP contribution in [-0.4, -0.2) is 39.9 Å². The van der Waals surface area contributed by atoms with Crippen LogP contribution in [0.5, 0.6) is 0 Å². The number of urea groups is 1. The molecule has 8 nitrogen and oxygen atoms in total. The summed E-state index contributed by atoms with van der Waals surface area (Å²) in [5.41, 5.74) is 0. The Morgan fingerprint density at radius 3 is 2.83 bits per heavy atom. The maximum absolute atomic E-state index is 11.5. The molecule has 0 spiro atoms. The van der Waals surface area contributed by atoms with Crippen LogP contribution in [0.4, 0.5) is 4.79 Å². The largest absolute Gasteiger partial charge is 0.465 e. The monoisotopic (exact) mass is 255 g/mol. The van der Waals surface area contributed by atoms with Crippen LogP contribution in [0.1, 0.15) is 25.7 Å². The van der Waals surface area contributed by atoms with Crippen molar-refractivity contribution >= 4 is 12.0 Å². The summed E-state index contributed by atoms with van der Waals surface area (Å²) in [5.74, 6) is 0.153. The lowest BCUT2D eigenvalue weighted by Crippen LogP contribution is -2.40. The average molecular weight is 255 g/mol. The van der Waals surface area contributed by atoms with Gasteiger partial charge in [-0.3, -0.25) is 4.79 Å². The van der Waals surface area contributed by atoms with Crippen LogP contribution in [0.2, 0.25) is 0 Å². The van der Waals surface area contributed by atoms with E-state index in [1.54, 1.807) is 31.8 Å². The first-order valence-electron chi connectivity index (χ1n) is 5.58. The minimum Gasteiger partial charge on any atom is -0.465 e. The van der Waals surface area contributed by atoms with Crippen LogP contribution >= 0.6 is 0 Å². The van der Waals surface area contributed by atoms with Crippen molar-refractivity contribution in [2.24, 2.45) is 7.05 Å². The van der Waals surface area contributed by atoms with E-state index in [9.17, 15) is 9.59 Å². The second kappa shape index (κ2) is 6.58. The number of hydrogen-bond donors (Lipinski definition) is 2. The van der Waals surface area contributed by atoms with Gasteiger partial charge in [-0.25, -0.2) is 4.79 Å². The van der Waals surface area contributed by atoms with Crippen molar-refractivity contribution in [2.45, 2.75) is 19.9 Å². The summed E-state index contributed by atoms with van der Waals surface area (Å²) >= 11 is 0. The summed E-state index contributed by atoms with van der Waals surface area (Å²) < 4.78 is 6.39. The van der Waals surface area contributed by atoms with Crippen LogP contribution in [0.3, 0.4) is 0 Å². The lowest BCUT2D eigenvalue weighted by atomic mass is 10.3. The zero-order valence-corrected chi connectivity index (χ0v) is 10.6. The van der Waals surface area contributed by atoms with Crippen molar-refractivity contribution in [3.8, 4) is 0 Å². The molecule has 0 aliphatic rings. The van der Waals surface area contributed by atoms with Gasteiger partial charge in [0.15, 0.2) is 5.82 Å². The van der Waals surface area contributed by atoms with Gasteiger partial charge in [0.1, 0.15) is 12.9 Å². The Bertz CT molecular complexity index is 417. The number of carbonyl (C=O) groups is 2. The van der Waals surface area contributed by atoms with E-state index in [0.717, 1.165) is 0 Å². The highest BCUT2D eigenvalue weighted by Gasteiger charge is 2.14. The van der Waals surface area contributed by atoms with Crippen molar-refractivity contribution in [3.63, 3.8) is 0 Å². The van der Waals surface area contributed by atoms with Crippen molar-refractivity contribution in [2.75, 3.05) is 13.2 Å². The molecule has 1 heterocycles. The number of carbonyl (C=O) groups excluding carboxylic acids is 2. The molecule has 2 amide bonds. The summed E-state index contributed by atoms with van der Waals surface area (Å²) in [6.45, 7) is 3.60. The highest BCUT2D eigenvalue weighted by atomic mass is 16.5. The number of rotatable bonds is 5. The Morgan fingerprint density at radius 1 is 1.56 bits per heavy atom. The van der Waals surface area contributed by atoms with E-state index in [1.807, 2.05) is 0 Å². The lowest BCUT2D eigenvalue weighted by molar-refractivity contribution is -0.141. The third-order valence-corrected chi connectivity index (χ3v) is 2.18. The van der Waals surface area contributed by atoms with Gasteiger partial charge >= 0.3 is 12.0 Å². The smallest absolute Gasteiger partial charge is 0.325 e. The van der Waals surface area contributed by atoms with Gasteiger partial charge in [0.2, 0.25) is 0 Å². The molecule has 0 aromatic carbocycles. The summed E-state index contributed by atoms with van der Waals surface area (Å²) in [6.07, 6.45) is 1.55. The topological polar surface area (TPSA) is 98.1 Å². The van der Waals surface area contributed by atoms with Crippen LogP contribution in [0.15, 0.2) is 6.33 Å². The van der Waals surface area contributed by atoms with Gasteiger partial charge in [-0.1, -0.05) is 0 Å². The quantitative estimate of drug-likeness (QED) is 0.706. The Kier molecular flexibility index (Phi) is 5.09. The fourth-order valence-corrected chi connectivity index (χ4v) is 1.36. The number of nitrogens with one attached hydrogen (secondary N) is 2. The SMILES string of the molecule is CCOC(=O)CNC(=O)NC(C)c1nncn1C. The zero-order valence-electron chi connectivity index (χ0n) is 10.6. The minimum absolute atomic E-state index is 0.161. The maximum Gasteiger partial charge on any atom is 0.325 e. The molecule has 0 radical (unpaired) electrons. The Labute approximate surface area is 105 Å². The summed E-state index contributed by atoms with van der Waals surface area (Å²) in [5, 5.41) is 12.6. The fourth-order valence-electron chi connectivity index (χ4n) is 1.36. The number of hydrogen-bond acceptors (Lipinski definition) is 5. The molecular formula is C10H17N5O3. The highest BCUT2D eigenvalue weighted by Crippen LogP contribution is 2.06. The molecule has 0 saturated heterocycles. The van der Waals surface area contributed by atoms with E-state index in [-0.39, 0.29) is 19.2 Å². The number of ether oxygens (including phenoxy) is 1. The van der Waals surface area contributed by atoms with E-state index < -0.39 is 12.0 Å². The molecule has 1 unspecified atom stereocenters. The van der Waals surface area contributed by atoms with Gasteiger partial charge in [0.05, 0.1) is 12.6 Å². The number of aromatic nitrogens is 3. The molecule has 0 aliphatic carbocycles. The molecular weight excluding hydrogens is 238 g/mol. The van der Waals surface area contributed by atoms with Gasteiger partial charge in [-0.05, 0) is 13.8 Å². The third kappa shape index (κ3) is 4.04. The third-order valence-electron chi connectivity index (χ3n) is 2.18. The molecule has 0 bridgehead atoms. The number of amides is 2. The van der Waals surface area contributed by atoms with E-state index >= 15 is 0 Å². The van der Waals surface area contributed by atoms with E-state index in [0.29, 0.717) is 5.82 Å². The second-order valence-corrected chi connectivity index (χ2v) is 3.65. The van der Waals surface area contributed by atoms with E-state index in [4.69, 9.17) is 0 Å². The molecule has 1 atom stereocenters. The molecule has 0 fully saturated rings. The van der Waals surface area contributed by atoms with Gasteiger partial charge in [-0.2, -0.15) is 0 Å². The molecule has 2 N–H and O–H groups in total. The summed E-state index contributed by atoms with van der Waals surface area (Å²) in [4.78, 5) is 22.5. The molecule has 100 valence electrons. The van der Waals surface area contributed by atoms with Gasteiger partial charge in [0.25, 0.3) is 0 Å². The fraction of sp³-hybridized carbons (Fsp3) is 0.600. The number of aryl methyl sites for hydroxylation is 1. The predicted octanol–water partition coefficient (Wildman–Crippen LogP) is -0.262. The zero-order chi connectivity index (χ0) is 13.5. The van der Waals surface area contributed by atoms with Crippen LogP contribution < -0.4 is 10.6 Å². The van der Waals surface area contributed by atoms with E-state index in [1.165, 1.54) is 0 Å². The minimum atomic E-state index is -0.473. The van der Waals surface area contributed by atoms with Crippen LogP contribution in [0.25, 0.3) is 0 Å². The van der Waals surface area contributed by atoms with Crippen LogP contribution in [-0.2, 0) is 16.6 Å². The normalized spacial score (nSPS) is 11.7. The van der Waals surface area contributed by atoms with Gasteiger partial charge in [0, 0.05) is 7.05 Å². The standard InChI is InChI=1S/C10H17N5O3/c1-4-18-8(16)5-11-10(17)13-7(2)9-14-12-6-15(9)3/h6-7H,4-5H2,1-3H3,(H2,11,13,17). The molecule has 18 heavy (non-hydrogen) atoms. The van der Waals surface area contributed by atoms with Crippen LogP contribution in [0, 0.1) is 0 Å².